The number of amides is 3. The van der Waals surface area contributed by atoms with Crippen molar-refractivity contribution in [2.24, 2.45) is 17.6 Å². The lowest BCUT2D eigenvalue weighted by molar-refractivity contribution is -0.134. The molecule has 0 aromatic carbocycles. The number of hydrogen-bond acceptors (Lipinski definition) is 3. The van der Waals surface area contributed by atoms with Gasteiger partial charge in [0.05, 0.1) is 0 Å². The van der Waals surface area contributed by atoms with E-state index in [-0.39, 0.29) is 23.9 Å². The first-order chi connectivity index (χ1) is 9.57. The van der Waals surface area contributed by atoms with Gasteiger partial charge in [-0.05, 0) is 56.9 Å². The lowest BCUT2D eigenvalue weighted by Gasteiger charge is -2.34. The molecule has 1 heterocycles. The van der Waals surface area contributed by atoms with E-state index >= 15 is 0 Å². The largest absolute Gasteiger partial charge is 0.330 e. The summed E-state index contributed by atoms with van der Waals surface area (Å²) >= 11 is 0. The summed E-state index contributed by atoms with van der Waals surface area (Å²) in [5, 5.41) is 3.01. The van der Waals surface area contributed by atoms with Crippen molar-refractivity contribution >= 4 is 11.9 Å². The van der Waals surface area contributed by atoms with Gasteiger partial charge in [0.2, 0.25) is 0 Å². The number of imide groups is 1. The topological polar surface area (TPSA) is 75.4 Å². The molecule has 5 nitrogen and oxygen atoms in total. The van der Waals surface area contributed by atoms with E-state index in [9.17, 15) is 9.59 Å². The highest BCUT2D eigenvalue weighted by molar-refractivity contribution is 6.07. The second-order valence-electron chi connectivity index (χ2n) is 6.86. The highest BCUT2D eigenvalue weighted by Crippen LogP contribution is 2.39. The van der Waals surface area contributed by atoms with Crippen LogP contribution in [0.3, 0.4) is 0 Å². The van der Waals surface area contributed by atoms with Crippen LogP contribution in [0.5, 0.6) is 0 Å². The summed E-state index contributed by atoms with van der Waals surface area (Å²) < 4.78 is 0. The molecular weight excluding hydrogens is 254 g/mol. The maximum atomic E-state index is 12.8. The zero-order valence-electron chi connectivity index (χ0n) is 12.2. The minimum absolute atomic E-state index is 0.0137. The van der Waals surface area contributed by atoms with Gasteiger partial charge in [0.15, 0.2) is 0 Å². The van der Waals surface area contributed by atoms with E-state index in [1.54, 1.807) is 0 Å². The predicted molar refractivity (Wildman–Crippen MR) is 75.9 cm³/mol. The summed E-state index contributed by atoms with van der Waals surface area (Å²) in [6.07, 6.45) is 6.61. The Kier molecular flexibility index (Phi) is 3.48. The zero-order valence-corrected chi connectivity index (χ0v) is 12.2. The van der Waals surface area contributed by atoms with E-state index in [4.69, 9.17) is 5.73 Å². The molecule has 20 heavy (non-hydrogen) atoms. The number of nitrogens with one attached hydrogen (secondary N) is 1. The third-order valence-electron chi connectivity index (χ3n) is 5.57. The Morgan fingerprint density at radius 3 is 2.60 bits per heavy atom. The fourth-order valence-electron chi connectivity index (χ4n) is 4.17. The van der Waals surface area contributed by atoms with Crippen LogP contribution in [-0.2, 0) is 4.79 Å². The molecule has 3 fully saturated rings. The molecule has 3 N–H and O–H groups in total. The van der Waals surface area contributed by atoms with Crippen LogP contribution >= 0.6 is 0 Å². The van der Waals surface area contributed by atoms with E-state index in [2.05, 4.69) is 12.2 Å². The Hall–Kier alpha value is -1.10. The SMILES string of the molecule is CC1CCC2(CC1)NC(=O)N(C1CCCC1CN)C2=O. The van der Waals surface area contributed by atoms with Gasteiger partial charge in [-0.2, -0.15) is 0 Å². The summed E-state index contributed by atoms with van der Waals surface area (Å²) in [7, 11) is 0. The van der Waals surface area contributed by atoms with E-state index in [1.807, 2.05) is 0 Å². The van der Waals surface area contributed by atoms with E-state index in [0.29, 0.717) is 12.5 Å². The van der Waals surface area contributed by atoms with Gasteiger partial charge in [-0.15, -0.1) is 0 Å². The van der Waals surface area contributed by atoms with Crippen LogP contribution < -0.4 is 11.1 Å². The number of nitrogens with two attached hydrogens (primary N) is 1. The standard InChI is InChI=1S/C15H25N3O2/c1-10-5-7-15(8-6-10)13(19)18(14(20)17-15)12-4-2-3-11(12)9-16/h10-12H,2-9,16H2,1H3,(H,17,20). The van der Waals surface area contributed by atoms with Crippen LogP contribution in [0.15, 0.2) is 0 Å². The molecule has 2 aliphatic carbocycles. The molecule has 2 unspecified atom stereocenters. The van der Waals surface area contributed by atoms with Crippen LogP contribution in [0, 0.1) is 11.8 Å². The maximum absolute atomic E-state index is 12.8. The zero-order chi connectivity index (χ0) is 14.3. The van der Waals surface area contributed by atoms with Crippen molar-refractivity contribution in [2.45, 2.75) is 63.5 Å². The Balaban J connectivity index is 1.80. The summed E-state index contributed by atoms with van der Waals surface area (Å²) in [5.41, 5.74) is 5.20. The molecule has 5 heteroatoms. The lowest BCUT2D eigenvalue weighted by atomic mass is 9.77. The molecule has 2 saturated carbocycles. The molecule has 0 aromatic rings. The van der Waals surface area contributed by atoms with Crippen LogP contribution in [0.4, 0.5) is 4.79 Å². The Morgan fingerprint density at radius 2 is 1.95 bits per heavy atom. The summed E-state index contributed by atoms with van der Waals surface area (Å²) in [6, 6.07) is -0.166. The number of nitrogens with zero attached hydrogens (tertiary/aromatic N) is 1. The number of urea groups is 1. The van der Waals surface area contributed by atoms with Crippen LogP contribution in [-0.4, -0.2) is 35.0 Å². The average molecular weight is 279 g/mol. The Bertz CT molecular complexity index is 415. The van der Waals surface area contributed by atoms with Crippen molar-refractivity contribution < 1.29 is 9.59 Å². The van der Waals surface area contributed by atoms with Crippen molar-refractivity contribution in [3.63, 3.8) is 0 Å². The third-order valence-corrected chi connectivity index (χ3v) is 5.57. The van der Waals surface area contributed by atoms with Crippen molar-refractivity contribution in [1.29, 1.82) is 0 Å². The molecule has 112 valence electrons. The van der Waals surface area contributed by atoms with Crippen molar-refractivity contribution in [1.82, 2.24) is 10.2 Å². The van der Waals surface area contributed by atoms with Gasteiger partial charge in [0.1, 0.15) is 5.54 Å². The molecule has 0 bridgehead atoms. The smallest absolute Gasteiger partial charge is 0.325 e. The van der Waals surface area contributed by atoms with Crippen molar-refractivity contribution in [3.05, 3.63) is 0 Å². The van der Waals surface area contributed by atoms with Gasteiger partial charge in [-0.25, -0.2) is 4.79 Å². The average Bonchev–Trinajstić information content (AvgIpc) is 2.97. The Labute approximate surface area is 120 Å². The highest BCUT2D eigenvalue weighted by Gasteiger charge is 2.55. The monoisotopic (exact) mass is 279 g/mol. The number of carbonyl (C=O) groups is 2. The van der Waals surface area contributed by atoms with Crippen LogP contribution in [0.25, 0.3) is 0 Å². The second kappa shape index (κ2) is 5.02. The molecule has 0 radical (unpaired) electrons. The van der Waals surface area contributed by atoms with Gasteiger partial charge in [-0.3, -0.25) is 9.69 Å². The first-order valence-electron chi connectivity index (χ1n) is 7.93. The molecular formula is C15H25N3O2. The summed E-state index contributed by atoms with van der Waals surface area (Å²) in [6.45, 7) is 2.78. The van der Waals surface area contributed by atoms with Crippen molar-refractivity contribution in [3.8, 4) is 0 Å². The first kappa shape index (κ1) is 13.9. The first-order valence-corrected chi connectivity index (χ1v) is 7.93. The van der Waals surface area contributed by atoms with Gasteiger partial charge < -0.3 is 11.1 Å². The Morgan fingerprint density at radius 1 is 1.25 bits per heavy atom. The summed E-state index contributed by atoms with van der Waals surface area (Å²) in [5.74, 6) is 0.949. The molecule has 1 aliphatic heterocycles. The van der Waals surface area contributed by atoms with Gasteiger partial charge in [-0.1, -0.05) is 13.3 Å². The maximum Gasteiger partial charge on any atom is 0.325 e. The number of hydrogen-bond donors (Lipinski definition) is 2. The predicted octanol–water partition coefficient (Wildman–Crippen LogP) is 1.61. The quantitative estimate of drug-likeness (QED) is 0.754. The lowest BCUT2D eigenvalue weighted by Crippen LogP contribution is -2.50. The van der Waals surface area contributed by atoms with Gasteiger partial charge in [0.25, 0.3) is 5.91 Å². The third kappa shape index (κ3) is 2.03. The van der Waals surface area contributed by atoms with Crippen LogP contribution in [0.1, 0.15) is 51.9 Å². The summed E-state index contributed by atoms with van der Waals surface area (Å²) in [4.78, 5) is 26.7. The second-order valence-corrected chi connectivity index (χ2v) is 6.86. The van der Waals surface area contributed by atoms with Crippen LogP contribution in [0.2, 0.25) is 0 Å². The van der Waals surface area contributed by atoms with Gasteiger partial charge in [0, 0.05) is 6.04 Å². The molecule has 1 saturated heterocycles. The molecule has 1 spiro atoms. The normalized spacial score (nSPS) is 41.5. The number of rotatable bonds is 2. The van der Waals surface area contributed by atoms with E-state index < -0.39 is 5.54 Å². The van der Waals surface area contributed by atoms with Gasteiger partial charge >= 0.3 is 6.03 Å². The van der Waals surface area contributed by atoms with Crippen molar-refractivity contribution in [2.75, 3.05) is 6.54 Å². The fourth-order valence-corrected chi connectivity index (χ4v) is 4.17. The molecule has 3 aliphatic rings. The molecule has 0 aromatic heterocycles. The molecule has 2 atom stereocenters. The van der Waals surface area contributed by atoms with E-state index in [0.717, 1.165) is 44.9 Å². The minimum atomic E-state index is -0.606. The number of carbonyl (C=O) groups excluding carboxylic acids is 2. The highest BCUT2D eigenvalue weighted by atomic mass is 16.2. The molecule has 3 rings (SSSR count). The fraction of sp³-hybridized carbons (Fsp3) is 0.867. The van der Waals surface area contributed by atoms with E-state index in [1.165, 1.54) is 4.90 Å². The minimum Gasteiger partial charge on any atom is -0.330 e. The molecule has 3 amide bonds.